The van der Waals surface area contributed by atoms with Gasteiger partial charge in [0.05, 0.1) is 23.5 Å². The summed E-state index contributed by atoms with van der Waals surface area (Å²) in [7, 11) is 0. The number of nitrogens with zero attached hydrogens (tertiary/aromatic N) is 4. The van der Waals surface area contributed by atoms with Gasteiger partial charge in [-0.15, -0.1) is 0 Å². The zero-order valence-electron chi connectivity index (χ0n) is 16.1. The number of amides is 1. The van der Waals surface area contributed by atoms with Crippen molar-refractivity contribution in [3.8, 4) is 0 Å². The predicted octanol–water partition coefficient (Wildman–Crippen LogP) is 3.34. The van der Waals surface area contributed by atoms with Crippen molar-refractivity contribution in [2.75, 3.05) is 13.1 Å². The molecule has 1 fully saturated rings. The molecule has 1 saturated heterocycles. The van der Waals surface area contributed by atoms with Crippen molar-refractivity contribution in [2.45, 2.75) is 39.3 Å². The number of carboxylic acid groups (broad SMARTS) is 1. The van der Waals surface area contributed by atoms with Crippen molar-refractivity contribution < 1.29 is 14.7 Å². The summed E-state index contributed by atoms with van der Waals surface area (Å²) in [5, 5.41) is 14.5. The van der Waals surface area contributed by atoms with E-state index in [2.05, 4.69) is 16.6 Å². The van der Waals surface area contributed by atoms with Crippen LogP contribution in [0.1, 0.15) is 52.2 Å². The minimum atomic E-state index is -0.955. The van der Waals surface area contributed by atoms with Crippen LogP contribution in [0.5, 0.6) is 0 Å². The van der Waals surface area contributed by atoms with Gasteiger partial charge in [0.25, 0.3) is 5.91 Å². The average molecular weight is 380 g/mol. The molecule has 0 aliphatic carbocycles. The fourth-order valence-corrected chi connectivity index (χ4v) is 4.16. The number of likely N-dealkylation sites (tertiary alicyclic amines) is 1. The molecule has 28 heavy (non-hydrogen) atoms. The Bertz CT molecular complexity index is 1040. The number of aromatic nitrogens is 3. The van der Waals surface area contributed by atoms with E-state index in [9.17, 15) is 14.7 Å². The summed E-state index contributed by atoms with van der Waals surface area (Å²) in [6.07, 6.45) is 4.89. The maximum Gasteiger partial charge on any atom is 0.339 e. The molecule has 2 aromatic heterocycles. The van der Waals surface area contributed by atoms with Crippen LogP contribution < -0.4 is 0 Å². The third-order valence-corrected chi connectivity index (χ3v) is 5.73. The van der Waals surface area contributed by atoms with Crippen LogP contribution in [0, 0.1) is 6.92 Å². The highest BCUT2D eigenvalue weighted by Gasteiger charge is 2.28. The zero-order valence-corrected chi connectivity index (χ0v) is 16.1. The molecule has 1 aliphatic heterocycles. The maximum atomic E-state index is 13.2. The van der Waals surface area contributed by atoms with Crippen LogP contribution in [0.15, 0.2) is 36.7 Å². The van der Waals surface area contributed by atoms with Crippen LogP contribution in [-0.4, -0.2) is 49.3 Å². The molecule has 0 unspecified atom stereocenters. The van der Waals surface area contributed by atoms with Crippen molar-refractivity contribution >= 4 is 22.8 Å². The molecule has 146 valence electrons. The number of aryl methyl sites for hydroxylation is 1. The molecule has 0 saturated carbocycles. The summed E-state index contributed by atoms with van der Waals surface area (Å²) in [5.74, 6) is -0.894. The van der Waals surface area contributed by atoms with Crippen LogP contribution in [0.2, 0.25) is 0 Å². The molecule has 3 heterocycles. The Morgan fingerprint density at radius 3 is 2.54 bits per heavy atom. The van der Waals surface area contributed by atoms with Crippen molar-refractivity contribution in [3.05, 3.63) is 53.5 Å². The molecule has 0 bridgehead atoms. The van der Waals surface area contributed by atoms with Crippen molar-refractivity contribution in [1.29, 1.82) is 0 Å². The average Bonchev–Trinajstić information content (AvgIpc) is 3.28. The van der Waals surface area contributed by atoms with Gasteiger partial charge >= 0.3 is 5.97 Å². The number of aromatic carboxylic acids is 1. The van der Waals surface area contributed by atoms with E-state index >= 15 is 0 Å². The Balaban J connectivity index is 1.51. The topological polar surface area (TPSA) is 80.4 Å². The van der Waals surface area contributed by atoms with Gasteiger partial charge in [0.2, 0.25) is 0 Å². The quantitative estimate of drug-likeness (QED) is 0.753. The monoisotopic (exact) mass is 380 g/mol. The minimum absolute atomic E-state index is 0.0604. The number of rotatable bonds is 4. The molecular formula is C21H24N4O3. The Morgan fingerprint density at radius 1 is 1.18 bits per heavy atom. The van der Waals surface area contributed by atoms with Crippen LogP contribution >= 0.6 is 0 Å². The Labute approximate surface area is 163 Å². The first-order chi connectivity index (χ1) is 13.5. The largest absolute Gasteiger partial charge is 0.478 e. The first kappa shape index (κ1) is 18.3. The maximum absolute atomic E-state index is 13.2. The molecule has 1 amide bonds. The highest BCUT2D eigenvalue weighted by atomic mass is 16.4. The van der Waals surface area contributed by atoms with Gasteiger partial charge in [-0.2, -0.15) is 5.10 Å². The number of carboxylic acids is 1. The number of fused-ring (bicyclic) bond motifs is 1. The standard InChI is InChI=1S/C21H24N4O3/c1-3-23-13-18(16-6-4-5-7-19(16)23)20(26)24-10-8-15(9-11-24)25-14(2)17(12-22-25)21(27)28/h4-7,12-13,15H,3,8-11H2,1-2H3,(H,27,28). The molecule has 0 radical (unpaired) electrons. The predicted molar refractivity (Wildman–Crippen MR) is 106 cm³/mol. The lowest BCUT2D eigenvalue weighted by molar-refractivity contribution is 0.0689. The van der Waals surface area contributed by atoms with Crippen LogP contribution in [0.3, 0.4) is 0 Å². The first-order valence-corrected chi connectivity index (χ1v) is 9.65. The number of carbonyl (C=O) groups is 2. The third kappa shape index (κ3) is 2.96. The summed E-state index contributed by atoms with van der Waals surface area (Å²) in [6, 6.07) is 8.12. The normalized spacial score (nSPS) is 15.3. The summed E-state index contributed by atoms with van der Waals surface area (Å²) in [4.78, 5) is 26.3. The molecule has 1 aromatic carbocycles. The van der Waals surface area contributed by atoms with Gasteiger partial charge in [-0.1, -0.05) is 18.2 Å². The first-order valence-electron chi connectivity index (χ1n) is 9.65. The van der Waals surface area contributed by atoms with Gasteiger partial charge in [0, 0.05) is 36.7 Å². The van der Waals surface area contributed by atoms with Gasteiger partial charge in [-0.05, 0) is 32.8 Å². The zero-order chi connectivity index (χ0) is 19.8. The van der Waals surface area contributed by atoms with E-state index < -0.39 is 5.97 Å². The Morgan fingerprint density at radius 2 is 1.89 bits per heavy atom. The number of hydrogen-bond acceptors (Lipinski definition) is 3. The number of para-hydroxylation sites is 1. The second-order valence-electron chi connectivity index (χ2n) is 7.26. The lowest BCUT2D eigenvalue weighted by Gasteiger charge is -2.32. The number of hydrogen-bond donors (Lipinski definition) is 1. The van der Waals surface area contributed by atoms with Gasteiger partial charge in [0.15, 0.2) is 0 Å². The summed E-state index contributed by atoms with van der Waals surface area (Å²) in [6.45, 7) is 5.95. The fourth-order valence-electron chi connectivity index (χ4n) is 4.16. The molecule has 7 nitrogen and oxygen atoms in total. The van der Waals surface area contributed by atoms with E-state index in [4.69, 9.17) is 0 Å². The molecule has 0 atom stereocenters. The van der Waals surface area contributed by atoms with E-state index in [1.165, 1.54) is 6.20 Å². The van der Waals surface area contributed by atoms with Gasteiger partial charge in [-0.3, -0.25) is 9.48 Å². The summed E-state index contributed by atoms with van der Waals surface area (Å²) < 4.78 is 3.91. The van der Waals surface area contributed by atoms with E-state index in [1.54, 1.807) is 11.6 Å². The highest BCUT2D eigenvalue weighted by molar-refractivity contribution is 6.07. The van der Waals surface area contributed by atoms with Crippen molar-refractivity contribution in [3.63, 3.8) is 0 Å². The van der Waals surface area contributed by atoms with Gasteiger partial charge in [-0.25, -0.2) is 4.79 Å². The number of benzene rings is 1. The summed E-state index contributed by atoms with van der Waals surface area (Å²) in [5.41, 5.74) is 2.74. The van der Waals surface area contributed by atoms with Gasteiger partial charge in [0.1, 0.15) is 5.56 Å². The van der Waals surface area contributed by atoms with Crippen LogP contribution in [0.4, 0.5) is 0 Å². The second-order valence-corrected chi connectivity index (χ2v) is 7.26. The minimum Gasteiger partial charge on any atom is -0.478 e. The van der Waals surface area contributed by atoms with E-state index in [0.717, 1.165) is 35.9 Å². The molecule has 1 N–H and O–H groups in total. The molecule has 1 aliphatic rings. The van der Waals surface area contributed by atoms with Crippen molar-refractivity contribution in [1.82, 2.24) is 19.2 Å². The van der Waals surface area contributed by atoms with Crippen molar-refractivity contribution in [2.24, 2.45) is 0 Å². The van der Waals surface area contributed by atoms with Gasteiger partial charge < -0.3 is 14.6 Å². The van der Waals surface area contributed by atoms with E-state index in [-0.39, 0.29) is 17.5 Å². The van der Waals surface area contributed by atoms with E-state index in [1.807, 2.05) is 35.4 Å². The molecule has 3 aromatic rings. The second kappa shape index (κ2) is 7.14. The smallest absolute Gasteiger partial charge is 0.339 e. The lowest BCUT2D eigenvalue weighted by atomic mass is 10.0. The van der Waals surface area contributed by atoms with Crippen LogP contribution in [0.25, 0.3) is 10.9 Å². The number of piperidine rings is 1. The Hall–Kier alpha value is -3.09. The van der Waals surface area contributed by atoms with Crippen LogP contribution in [-0.2, 0) is 6.54 Å². The molecule has 0 spiro atoms. The third-order valence-electron chi connectivity index (χ3n) is 5.73. The fraction of sp³-hybridized carbons (Fsp3) is 0.381. The number of carbonyl (C=O) groups excluding carboxylic acids is 1. The lowest BCUT2D eigenvalue weighted by Crippen LogP contribution is -2.39. The molecule has 7 heteroatoms. The van der Waals surface area contributed by atoms with E-state index in [0.29, 0.717) is 18.8 Å². The molecular weight excluding hydrogens is 356 g/mol. The highest BCUT2D eigenvalue weighted by Crippen LogP contribution is 2.28. The summed E-state index contributed by atoms with van der Waals surface area (Å²) >= 11 is 0. The SMILES string of the molecule is CCn1cc(C(=O)N2CCC(n3ncc(C(=O)O)c3C)CC2)c2ccccc21. The molecule has 4 rings (SSSR count). The Kier molecular flexibility index (Phi) is 4.66.